The topological polar surface area (TPSA) is 86.8 Å². The molecule has 7 nitrogen and oxygen atoms in total. The molecule has 0 aromatic heterocycles. The third-order valence-corrected chi connectivity index (χ3v) is 8.03. The molecule has 1 N–H and O–H groups in total. The van der Waals surface area contributed by atoms with Crippen LogP contribution in [0.1, 0.15) is 43.7 Å². The molecule has 10 heteroatoms. The van der Waals surface area contributed by atoms with Gasteiger partial charge in [0.1, 0.15) is 11.9 Å². The van der Waals surface area contributed by atoms with Crippen LogP contribution in [0.15, 0.2) is 78.9 Å². The van der Waals surface area contributed by atoms with E-state index in [9.17, 15) is 22.4 Å². The molecule has 0 aliphatic carbocycles. The van der Waals surface area contributed by atoms with E-state index in [0.717, 1.165) is 34.5 Å². The van der Waals surface area contributed by atoms with Gasteiger partial charge in [-0.05, 0) is 48.2 Å². The first-order chi connectivity index (χ1) is 19.6. The molecule has 0 bridgehead atoms. The van der Waals surface area contributed by atoms with Crippen LogP contribution in [0.4, 0.5) is 10.1 Å². The van der Waals surface area contributed by atoms with E-state index in [1.807, 2.05) is 43.3 Å². The summed E-state index contributed by atoms with van der Waals surface area (Å²) < 4.78 is 40.4. The highest BCUT2D eigenvalue weighted by atomic mass is 35.5. The summed E-state index contributed by atoms with van der Waals surface area (Å²) in [6, 6.07) is 21.4. The Morgan fingerprint density at radius 3 is 2.29 bits per heavy atom. The lowest BCUT2D eigenvalue weighted by molar-refractivity contribution is -0.141. The van der Waals surface area contributed by atoms with Gasteiger partial charge < -0.3 is 10.2 Å². The van der Waals surface area contributed by atoms with Gasteiger partial charge in [0.25, 0.3) is 0 Å². The second-order valence-corrected chi connectivity index (χ2v) is 12.2. The summed E-state index contributed by atoms with van der Waals surface area (Å²) in [7, 11) is -3.81. The first-order valence-corrected chi connectivity index (χ1v) is 15.9. The molecule has 0 heterocycles. The summed E-state index contributed by atoms with van der Waals surface area (Å²) in [5.41, 5.74) is 1.58. The minimum absolute atomic E-state index is 0.0471. The molecule has 1 unspecified atom stereocenters. The molecular weight excluding hydrogens is 565 g/mol. The molecule has 0 saturated heterocycles. The van der Waals surface area contributed by atoms with E-state index in [1.54, 1.807) is 24.3 Å². The number of para-hydroxylation sites is 1. The number of hydrogen-bond donors (Lipinski definition) is 1. The molecule has 0 saturated carbocycles. The van der Waals surface area contributed by atoms with Gasteiger partial charge in [0, 0.05) is 37.5 Å². The lowest BCUT2D eigenvalue weighted by atomic mass is 10.0. The SMILES string of the molecule is CCCCNC(=O)C(Cc1ccccc1)N(Cc1cccc(Cl)c1)C(=O)CCCN(c1ccccc1F)S(C)(=O)=O. The van der Waals surface area contributed by atoms with Gasteiger partial charge in [0.05, 0.1) is 11.9 Å². The fourth-order valence-corrected chi connectivity index (χ4v) is 5.71. The maximum atomic E-state index is 14.5. The normalized spacial score (nSPS) is 12.0. The van der Waals surface area contributed by atoms with Crippen molar-refractivity contribution < 1.29 is 22.4 Å². The zero-order valence-electron chi connectivity index (χ0n) is 23.4. The molecule has 2 amide bonds. The molecule has 0 aliphatic rings. The third-order valence-electron chi connectivity index (χ3n) is 6.62. The van der Waals surface area contributed by atoms with Crippen LogP contribution < -0.4 is 9.62 Å². The number of nitrogens with one attached hydrogen (secondary N) is 1. The molecule has 3 aromatic rings. The molecule has 3 rings (SSSR count). The number of sulfonamides is 1. The van der Waals surface area contributed by atoms with Crippen molar-refractivity contribution in [3.8, 4) is 0 Å². The van der Waals surface area contributed by atoms with Crippen molar-refractivity contribution in [2.75, 3.05) is 23.7 Å². The maximum Gasteiger partial charge on any atom is 0.243 e. The number of halogens is 2. The van der Waals surface area contributed by atoms with Crippen LogP contribution >= 0.6 is 11.6 Å². The Morgan fingerprint density at radius 2 is 1.63 bits per heavy atom. The molecule has 1 atom stereocenters. The predicted molar refractivity (Wildman–Crippen MR) is 162 cm³/mol. The Bertz CT molecular complexity index is 1410. The minimum atomic E-state index is -3.81. The van der Waals surface area contributed by atoms with Crippen LogP contribution in [-0.2, 0) is 32.6 Å². The van der Waals surface area contributed by atoms with Crippen LogP contribution in [0, 0.1) is 5.82 Å². The first-order valence-electron chi connectivity index (χ1n) is 13.7. The largest absolute Gasteiger partial charge is 0.354 e. The minimum Gasteiger partial charge on any atom is -0.354 e. The Balaban J connectivity index is 1.88. The van der Waals surface area contributed by atoms with E-state index >= 15 is 0 Å². The summed E-state index contributed by atoms with van der Waals surface area (Å²) in [5, 5.41) is 3.48. The van der Waals surface area contributed by atoms with Crippen LogP contribution in [0.2, 0.25) is 5.02 Å². The highest BCUT2D eigenvalue weighted by Crippen LogP contribution is 2.23. The summed E-state index contributed by atoms with van der Waals surface area (Å²) in [6.07, 6.45) is 3.10. The Hall–Kier alpha value is -3.43. The monoisotopic (exact) mass is 601 g/mol. The average Bonchev–Trinajstić information content (AvgIpc) is 2.93. The molecule has 220 valence electrons. The Kier molecular flexibility index (Phi) is 12.2. The van der Waals surface area contributed by atoms with Crippen molar-refractivity contribution in [1.29, 1.82) is 0 Å². The third kappa shape index (κ3) is 9.86. The van der Waals surface area contributed by atoms with E-state index in [2.05, 4.69) is 5.32 Å². The number of carbonyl (C=O) groups excluding carboxylic acids is 2. The number of unbranched alkanes of at least 4 members (excludes halogenated alkanes) is 1. The maximum absolute atomic E-state index is 14.5. The van der Waals surface area contributed by atoms with Gasteiger partial charge in [-0.25, -0.2) is 12.8 Å². The lowest BCUT2D eigenvalue weighted by Crippen LogP contribution is -2.50. The Labute approximate surface area is 247 Å². The number of hydrogen-bond acceptors (Lipinski definition) is 4. The fourth-order valence-electron chi connectivity index (χ4n) is 4.53. The van der Waals surface area contributed by atoms with Gasteiger partial charge in [-0.1, -0.05) is 79.5 Å². The van der Waals surface area contributed by atoms with Crippen molar-refractivity contribution in [3.05, 3.63) is 101 Å². The standard InChI is InChI=1S/C31H37ClFN3O4S/c1-3-4-19-34-31(38)29(22-24-12-6-5-7-13-24)35(23-25-14-10-15-26(32)21-25)30(37)18-11-20-36(41(2,39)40)28-17-9-8-16-27(28)33/h5-10,12-17,21,29H,3-4,11,18-20,22-23H2,1-2H3,(H,34,38). The highest BCUT2D eigenvalue weighted by Gasteiger charge is 2.30. The van der Waals surface area contributed by atoms with Crippen LogP contribution in [-0.4, -0.2) is 50.5 Å². The predicted octanol–water partition coefficient (Wildman–Crippen LogP) is 5.58. The van der Waals surface area contributed by atoms with Gasteiger partial charge in [0.2, 0.25) is 21.8 Å². The first kappa shape index (κ1) is 32.1. The van der Waals surface area contributed by atoms with Gasteiger partial charge in [-0.2, -0.15) is 0 Å². The van der Waals surface area contributed by atoms with Gasteiger partial charge in [-0.15, -0.1) is 0 Å². The summed E-state index contributed by atoms with van der Waals surface area (Å²) in [4.78, 5) is 28.8. The Morgan fingerprint density at radius 1 is 0.951 bits per heavy atom. The molecular formula is C31H37ClFN3O4S. The van der Waals surface area contributed by atoms with Crippen molar-refractivity contribution in [3.63, 3.8) is 0 Å². The summed E-state index contributed by atoms with van der Waals surface area (Å²) in [6.45, 7) is 2.57. The van der Waals surface area contributed by atoms with E-state index in [1.165, 1.54) is 23.1 Å². The lowest BCUT2D eigenvalue weighted by Gasteiger charge is -2.32. The van der Waals surface area contributed by atoms with E-state index < -0.39 is 21.9 Å². The van der Waals surface area contributed by atoms with Gasteiger partial charge >= 0.3 is 0 Å². The van der Waals surface area contributed by atoms with E-state index in [4.69, 9.17) is 11.6 Å². The molecule has 3 aromatic carbocycles. The van der Waals surface area contributed by atoms with Crippen LogP contribution in [0.5, 0.6) is 0 Å². The highest BCUT2D eigenvalue weighted by molar-refractivity contribution is 7.92. The molecule has 0 aliphatic heterocycles. The van der Waals surface area contributed by atoms with E-state index in [0.29, 0.717) is 18.0 Å². The zero-order valence-corrected chi connectivity index (χ0v) is 25.0. The number of amides is 2. The van der Waals surface area contributed by atoms with Crippen LogP contribution in [0.25, 0.3) is 0 Å². The van der Waals surface area contributed by atoms with Gasteiger partial charge in [0.15, 0.2) is 0 Å². The molecule has 41 heavy (non-hydrogen) atoms. The van der Waals surface area contributed by atoms with Crippen molar-refractivity contribution in [1.82, 2.24) is 10.2 Å². The zero-order chi connectivity index (χ0) is 29.8. The van der Waals surface area contributed by atoms with Crippen molar-refractivity contribution in [2.24, 2.45) is 0 Å². The second-order valence-electron chi connectivity index (χ2n) is 9.89. The van der Waals surface area contributed by atoms with Crippen molar-refractivity contribution >= 4 is 39.1 Å². The number of nitrogens with zero attached hydrogens (tertiary/aromatic N) is 2. The molecule has 0 fully saturated rings. The summed E-state index contributed by atoms with van der Waals surface area (Å²) in [5.74, 6) is -1.25. The van der Waals surface area contributed by atoms with Crippen LogP contribution in [0.3, 0.4) is 0 Å². The smallest absolute Gasteiger partial charge is 0.243 e. The number of benzene rings is 3. The second kappa shape index (κ2) is 15.5. The quantitative estimate of drug-likeness (QED) is 0.230. The molecule has 0 radical (unpaired) electrons. The number of rotatable bonds is 15. The van der Waals surface area contributed by atoms with Gasteiger partial charge in [-0.3, -0.25) is 13.9 Å². The number of anilines is 1. The fraction of sp³-hybridized carbons (Fsp3) is 0.355. The summed E-state index contributed by atoms with van der Waals surface area (Å²) >= 11 is 6.22. The number of carbonyl (C=O) groups is 2. The van der Waals surface area contributed by atoms with E-state index in [-0.39, 0.29) is 43.4 Å². The molecule has 0 spiro atoms. The average molecular weight is 602 g/mol. The van der Waals surface area contributed by atoms with Crippen molar-refractivity contribution in [2.45, 2.75) is 51.6 Å².